The fourth-order valence-electron chi connectivity index (χ4n) is 0.240. The molecule has 3 N–H and O–H groups in total. The molecule has 1 rings (SSSR count). The summed E-state index contributed by atoms with van der Waals surface area (Å²) in [5, 5.41) is 2.26. The minimum absolute atomic E-state index is 0.137. The molecule has 0 saturated carbocycles. The van der Waals surface area contributed by atoms with Gasteiger partial charge in [0.2, 0.25) is 5.95 Å². The summed E-state index contributed by atoms with van der Waals surface area (Å²) in [6.07, 6.45) is 0. The molecule has 5 heteroatoms. The van der Waals surface area contributed by atoms with Crippen LogP contribution in [0.15, 0.2) is 4.52 Å². The lowest BCUT2D eigenvalue weighted by Gasteiger charge is -1.67. The van der Waals surface area contributed by atoms with Crippen LogP contribution in [-0.4, -0.2) is 10.1 Å². The molecule has 0 fully saturated rings. The van der Waals surface area contributed by atoms with Crippen LogP contribution in [0.5, 0.6) is 0 Å². The zero-order valence-corrected chi connectivity index (χ0v) is 4.16. The molecule has 4 nitrogen and oxygen atoms in total. The summed E-state index contributed by atoms with van der Waals surface area (Å²) in [5.74, 6) is 0.213. The van der Waals surface area contributed by atoms with Crippen molar-refractivity contribution >= 4 is 18.2 Å². The van der Waals surface area contributed by atoms with Crippen LogP contribution in [0.2, 0.25) is 0 Å². The van der Waals surface area contributed by atoms with Gasteiger partial charge in [-0.1, -0.05) is 0 Å². The third-order valence-corrected chi connectivity index (χ3v) is 0.629. The van der Waals surface area contributed by atoms with Crippen molar-refractivity contribution in [1.29, 1.82) is 0 Å². The molecular formula is C2H3N3OS. The molecule has 0 aliphatic carbocycles. The number of nitrogens with one attached hydrogen (secondary N) is 1. The van der Waals surface area contributed by atoms with Gasteiger partial charge in [-0.3, -0.25) is 0 Å². The van der Waals surface area contributed by atoms with Crippen molar-refractivity contribution in [2.24, 2.45) is 0 Å². The van der Waals surface area contributed by atoms with Gasteiger partial charge >= 0.3 is 4.84 Å². The number of nitrogen functional groups attached to an aromatic ring is 1. The summed E-state index contributed by atoms with van der Waals surface area (Å²) in [6.45, 7) is 0. The predicted molar refractivity (Wildman–Crippen MR) is 26.1 cm³/mol. The van der Waals surface area contributed by atoms with E-state index in [9.17, 15) is 0 Å². The Balaban J connectivity index is 3.30. The third kappa shape index (κ3) is 0.774. The molecule has 0 saturated heterocycles. The number of aromatic amines is 1. The number of hydrogen-bond donors (Lipinski definition) is 2. The van der Waals surface area contributed by atoms with E-state index < -0.39 is 0 Å². The topological polar surface area (TPSA) is 67.8 Å². The first-order valence-corrected chi connectivity index (χ1v) is 2.01. The fourth-order valence-corrected chi connectivity index (χ4v) is 0.380. The second-order valence-corrected chi connectivity index (χ2v) is 1.32. The van der Waals surface area contributed by atoms with Gasteiger partial charge in [-0.05, 0) is 12.2 Å². The maximum Gasteiger partial charge on any atom is 0.315 e. The van der Waals surface area contributed by atoms with E-state index in [1.807, 2.05) is 0 Å². The van der Waals surface area contributed by atoms with E-state index in [0.29, 0.717) is 0 Å². The van der Waals surface area contributed by atoms with Crippen molar-refractivity contribution in [1.82, 2.24) is 10.1 Å². The second kappa shape index (κ2) is 1.34. The molecule has 0 radical (unpaired) electrons. The maximum absolute atomic E-state index is 5.05. The molecule has 1 heterocycles. The summed E-state index contributed by atoms with van der Waals surface area (Å²) in [4.78, 5) is 3.62. The molecule has 0 aromatic carbocycles. The van der Waals surface area contributed by atoms with Gasteiger partial charge in [-0.15, -0.1) is 0 Å². The van der Waals surface area contributed by atoms with Gasteiger partial charge in [0.15, 0.2) is 0 Å². The zero-order chi connectivity index (χ0) is 5.28. The highest BCUT2D eigenvalue weighted by atomic mass is 32.1. The maximum atomic E-state index is 5.05. The van der Waals surface area contributed by atoms with Crippen LogP contribution in [0.1, 0.15) is 0 Å². The quantitative estimate of drug-likeness (QED) is 0.480. The third-order valence-electron chi connectivity index (χ3n) is 0.455. The summed E-state index contributed by atoms with van der Waals surface area (Å²) >= 11 is 4.44. The van der Waals surface area contributed by atoms with Crippen molar-refractivity contribution < 1.29 is 4.52 Å². The monoisotopic (exact) mass is 117 g/mol. The number of aromatic nitrogens is 2. The first-order valence-electron chi connectivity index (χ1n) is 1.60. The summed E-state index contributed by atoms with van der Waals surface area (Å²) in [6, 6.07) is 0. The number of hydrogen-bond acceptors (Lipinski definition) is 4. The Bertz CT molecular complexity index is 201. The predicted octanol–water partition coefficient (Wildman–Crippen LogP) is 0.314. The van der Waals surface area contributed by atoms with E-state index in [1.54, 1.807) is 0 Å². The molecule has 0 unspecified atom stereocenters. The van der Waals surface area contributed by atoms with E-state index >= 15 is 0 Å². The highest BCUT2D eigenvalue weighted by Crippen LogP contribution is 1.87. The highest BCUT2D eigenvalue weighted by molar-refractivity contribution is 7.71. The standard InChI is InChI=1S/C2H3N3OS/c3-1-4-2(7)6-5-1/h(H3,3,4,5,7). The molecule has 0 aliphatic heterocycles. The lowest BCUT2D eigenvalue weighted by molar-refractivity contribution is 0.407. The van der Waals surface area contributed by atoms with Crippen LogP contribution in [0.25, 0.3) is 0 Å². The van der Waals surface area contributed by atoms with Crippen molar-refractivity contribution in [3.63, 3.8) is 0 Å². The first kappa shape index (κ1) is 4.32. The van der Waals surface area contributed by atoms with Crippen LogP contribution in [0.3, 0.4) is 0 Å². The number of nitrogens with two attached hydrogens (primary N) is 1. The molecule has 0 aliphatic rings. The van der Waals surface area contributed by atoms with Crippen LogP contribution < -0.4 is 5.73 Å². The van der Waals surface area contributed by atoms with Crippen molar-refractivity contribution in [3.05, 3.63) is 4.84 Å². The first-order chi connectivity index (χ1) is 3.29. The molecule has 0 atom stereocenters. The van der Waals surface area contributed by atoms with E-state index in [-0.39, 0.29) is 10.8 Å². The molecule has 0 spiro atoms. The molecule has 7 heavy (non-hydrogen) atoms. The van der Waals surface area contributed by atoms with Gasteiger partial charge in [0.1, 0.15) is 0 Å². The van der Waals surface area contributed by atoms with Gasteiger partial charge in [0, 0.05) is 0 Å². The smallest absolute Gasteiger partial charge is 0.315 e. The lowest BCUT2D eigenvalue weighted by atomic mass is 11.1. The highest BCUT2D eigenvalue weighted by Gasteiger charge is 1.83. The lowest BCUT2D eigenvalue weighted by Crippen LogP contribution is -1.83. The number of nitrogens with zero attached hydrogens (tertiary/aromatic N) is 1. The zero-order valence-electron chi connectivity index (χ0n) is 3.34. The minimum atomic E-state index is 0.137. The van der Waals surface area contributed by atoms with Crippen molar-refractivity contribution in [2.45, 2.75) is 0 Å². The molecule has 0 bridgehead atoms. The van der Waals surface area contributed by atoms with Crippen LogP contribution >= 0.6 is 12.2 Å². The normalized spacial score (nSPS) is 9.14. The van der Waals surface area contributed by atoms with Crippen molar-refractivity contribution in [2.75, 3.05) is 5.73 Å². The second-order valence-electron chi connectivity index (χ2n) is 0.967. The Kier molecular flexibility index (Phi) is 0.828. The Hall–Kier alpha value is -0.840. The average Bonchev–Trinajstić information content (AvgIpc) is 1.87. The van der Waals surface area contributed by atoms with E-state index in [2.05, 4.69) is 26.9 Å². The van der Waals surface area contributed by atoms with Gasteiger partial charge in [-0.2, -0.15) is 10.1 Å². The Labute approximate surface area is 44.3 Å². The average molecular weight is 117 g/mol. The SMILES string of the molecule is Nc1nc(=S)o[nH]1. The number of anilines is 1. The summed E-state index contributed by atoms with van der Waals surface area (Å²) < 4.78 is 4.42. The molecule has 38 valence electrons. The largest absolute Gasteiger partial charge is 0.367 e. The molecule has 1 aromatic heterocycles. The van der Waals surface area contributed by atoms with Crippen LogP contribution in [0.4, 0.5) is 5.95 Å². The van der Waals surface area contributed by atoms with Gasteiger partial charge in [0.05, 0.1) is 0 Å². The van der Waals surface area contributed by atoms with Crippen molar-refractivity contribution in [3.8, 4) is 0 Å². The van der Waals surface area contributed by atoms with E-state index in [0.717, 1.165) is 0 Å². The summed E-state index contributed by atoms with van der Waals surface area (Å²) in [5.41, 5.74) is 5.05. The number of rotatable bonds is 0. The minimum Gasteiger partial charge on any atom is -0.367 e. The van der Waals surface area contributed by atoms with Crippen LogP contribution in [-0.2, 0) is 0 Å². The number of H-pyrrole nitrogens is 1. The Morgan fingerprint density at radius 3 is 2.71 bits per heavy atom. The van der Waals surface area contributed by atoms with Gasteiger partial charge in [0.25, 0.3) is 0 Å². The fraction of sp³-hybridized carbons (Fsp3) is 0. The van der Waals surface area contributed by atoms with Gasteiger partial charge in [-0.25, -0.2) is 0 Å². The van der Waals surface area contributed by atoms with E-state index in [4.69, 9.17) is 5.73 Å². The molecular weight excluding hydrogens is 114 g/mol. The summed E-state index contributed by atoms with van der Waals surface area (Å²) in [7, 11) is 0. The molecule has 1 aromatic rings. The van der Waals surface area contributed by atoms with Gasteiger partial charge < -0.3 is 10.3 Å². The Morgan fingerprint density at radius 1 is 1.86 bits per heavy atom. The van der Waals surface area contributed by atoms with E-state index in [1.165, 1.54) is 0 Å². The molecule has 0 amide bonds. The Morgan fingerprint density at radius 2 is 2.57 bits per heavy atom. The van der Waals surface area contributed by atoms with Crippen LogP contribution in [0, 0.1) is 4.84 Å².